The van der Waals surface area contributed by atoms with E-state index in [9.17, 15) is 9.59 Å². The monoisotopic (exact) mass is 423 g/mol. The summed E-state index contributed by atoms with van der Waals surface area (Å²) in [7, 11) is 0. The molecule has 1 saturated carbocycles. The summed E-state index contributed by atoms with van der Waals surface area (Å²) in [6.45, 7) is 3.65. The van der Waals surface area contributed by atoms with Crippen molar-refractivity contribution in [1.29, 1.82) is 0 Å². The molecule has 5 rings (SSSR count). The number of aromatic nitrogens is 2. The lowest BCUT2D eigenvalue weighted by atomic mass is 10.2. The Balaban J connectivity index is 1.18. The minimum absolute atomic E-state index is 0.0571. The molecule has 8 heteroatoms. The summed E-state index contributed by atoms with van der Waals surface area (Å²) in [6, 6.07) is 11.9. The van der Waals surface area contributed by atoms with E-state index in [1.807, 2.05) is 46.0 Å². The van der Waals surface area contributed by atoms with Crippen LogP contribution in [0.4, 0.5) is 5.82 Å². The number of rotatable bonds is 6. The fourth-order valence-electron chi connectivity index (χ4n) is 4.32. The van der Waals surface area contributed by atoms with Crippen LogP contribution in [0.15, 0.2) is 36.4 Å². The predicted molar refractivity (Wildman–Crippen MR) is 116 cm³/mol. The molecule has 0 radical (unpaired) electrons. The summed E-state index contributed by atoms with van der Waals surface area (Å²) in [5.41, 5.74) is 1.98. The van der Waals surface area contributed by atoms with Crippen LogP contribution in [0.5, 0.6) is 0 Å². The molecule has 2 amide bonds. The molecular weight excluding hydrogens is 394 g/mol. The van der Waals surface area contributed by atoms with Crippen LogP contribution in [-0.4, -0.2) is 76.8 Å². The van der Waals surface area contributed by atoms with Gasteiger partial charge in [0, 0.05) is 44.8 Å². The number of ether oxygens (including phenoxy) is 1. The van der Waals surface area contributed by atoms with E-state index in [-0.39, 0.29) is 17.9 Å². The standard InChI is InChI=1S/C23H29N5O3/c29-22(16-26-10-12-27(13-11-26)23(30)20-7-4-14-31-20)24-21-15-19(17-8-9-17)25-28(21)18-5-2-1-3-6-18/h1-3,5-6,15,17,20H,4,7-14,16H2,(H,24,29)/t20-/m1/s1. The van der Waals surface area contributed by atoms with E-state index in [4.69, 9.17) is 9.84 Å². The Morgan fingerprint density at radius 1 is 1.06 bits per heavy atom. The van der Waals surface area contributed by atoms with Crippen LogP contribution in [0.2, 0.25) is 0 Å². The molecule has 1 atom stereocenters. The van der Waals surface area contributed by atoms with Crippen molar-refractivity contribution in [2.75, 3.05) is 44.6 Å². The number of para-hydroxylation sites is 1. The molecule has 8 nitrogen and oxygen atoms in total. The lowest BCUT2D eigenvalue weighted by Crippen LogP contribution is -2.52. The molecule has 0 spiro atoms. The number of carbonyl (C=O) groups is 2. The maximum atomic E-state index is 12.8. The molecule has 0 bridgehead atoms. The first-order valence-corrected chi connectivity index (χ1v) is 11.3. The first-order valence-electron chi connectivity index (χ1n) is 11.3. The molecule has 164 valence electrons. The van der Waals surface area contributed by atoms with Gasteiger partial charge in [-0.25, -0.2) is 4.68 Å². The molecule has 31 heavy (non-hydrogen) atoms. The summed E-state index contributed by atoms with van der Waals surface area (Å²) < 4.78 is 7.34. The number of hydrogen-bond acceptors (Lipinski definition) is 5. The molecule has 1 N–H and O–H groups in total. The van der Waals surface area contributed by atoms with E-state index in [0.29, 0.717) is 51.1 Å². The largest absolute Gasteiger partial charge is 0.368 e. The van der Waals surface area contributed by atoms with Gasteiger partial charge >= 0.3 is 0 Å². The third kappa shape index (κ3) is 4.65. The van der Waals surface area contributed by atoms with Crippen molar-refractivity contribution in [2.45, 2.75) is 37.7 Å². The van der Waals surface area contributed by atoms with Crippen molar-refractivity contribution in [3.05, 3.63) is 42.1 Å². The Morgan fingerprint density at radius 2 is 1.84 bits per heavy atom. The minimum Gasteiger partial charge on any atom is -0.368 e. The minimum atomic E-state index is -0.270. The average molecular weight is 424 g/mol. The highest BCUT2D eigenvalue weighted by Gasteiger charge is 2.31. The number of carbonyl (C=O) groups excluding carboxylic acids is 2. The van der Waals surface area contributed by atoms with Crippen molar-refractivity contribution in [2.24, 2.45) is 0 Å². The molecule has 1 aromatic carbocycles. The van der Waals surface area contributed by atoms with Crippen LogP contribution >= 0.6 is 0 Å². The van der Waals surface area contributed by atoms with Crippen LogP contribution in [0.3, 0.4) is 0 Å². The molecule has 3 heterocycles. The highest BCUT2D eigenvalue weighted by molar-refractivity contribution is 5.92. The fraction of sp³-hybridized carbons (Fsp3) is 0.522. The first kappa shape index (κ1) is 20.2. The van der Waals surface area contributed by atoms with Gasteiger partial charge in [-0.2, -0.15) is 5.10 Å². The first-order chi connectivity index (χ1) is 15.2. The van der Waals surface area contributed by atoms with Gasteiger partial charge < -0.3 is 15.0 Å². The van der Waals surface area contributed by atoms with Crippen LogP contribution in [0, 0.1) is 0 Å². The van der Waals surface area contributed by atoms with Gasteiger partial charge in [0.25, 0.3) is 5.91 Å². The Hall–Kier alpha value is -2.71. The Bertz CT molecular complexity index is 926. The third-order valence-electron chi connectivity index (χ3n) is 6.25. The average Bonchev–Trinajstić information content (AvgIpc) is 3.33. The Morgan fingerprint density at radius 3 is 2.52 bits per heavy atom. The molecule has 0 unspecified atom stereocenters. The van der Waals surface area contributed by atoms with Crippen molar-refractivity contribution < 1.29 is 14.3 Å². The van der Waals surface area contributed by atoms with E-state index in [1.54, 1.807) is 0 Å². The van der Waals surface area contributed by atoms with Gasteiger partial charge in [-0.05, 0) is 37.8 Å². The number of piperazine rings is 1. The smallest absolute Gasteiger partial charge is 0.251 e. The van der Waals surface area contributed by atoms with Gasteiger partial charge in [-0.1, -0.05) is 18.2 Å². The number of nitrogens with zero attached hydrogens (tertiary/aromatic N) is 4. The van der Waals surface area contributed by atoms with Crippen molar-refractivity contribution in [1.82, 2.24) is 19.6 Å². The molecular formula is C23H29N5O3. The molecule has 3 fully saturated rings. The summed E-state index contributed by atoms with van der Waals surface area (Å²) >= 11 is 0. The van der Waals surface area contributed by atoms with Crippen LogP contribution < -0.4 is 5.32 Å². The van der Waals surface area contributed by atoms with E-state index < -0.39 is 0 Å². The highest BCUT2D eigenvalue weighted by atomic mass is 16.5. The van der Waals surface area contributed by atoms with Gasteiger partial charge in [0.1, 0.15) is 11.9 Å². The van der Waals surface area contributed by atoms with Crippen molar-refractivity contribution in [3.8, 4) is 5.69 Å². The van der Waals surface area contributed by atoms with Crippen molar-refractivity contribution >= 4 is 17.6 Å². The zero-order chi connectivity index (χ0) is 21.2. The Labute approximate surface area is 182 Å². The van der Waals surface area contributed by atoms with Gasteiger partial charge in [0.15, 0.2) is 0 Å². The van der Waals surface area contributed by atoms with Gasteiger partial charge in [-0.15, -0.1) is 0 Å². The lowest BCUT2D eigenvalue weighted by molar-refractivity contribution is -0.142. The van der Waals surface area contributed by atoms with E-state index >= 15 is 0 Å². The molecule has 3 aliphatic rings. The number of nitrogens with one attached hydrogen (secondary N) is 1. The second-order valence-electron chi connectivity index (χ2n) is 8.63. The number of hydrogen-bond donors (Lipinski definition) is 1. The topological polar surface area (TPSA) is 79.7 Å². The normalized spacial score (nSPS) is 21.9. The maximum absolute atomic E-state index is 12.8. The number of amides is 2. The highest BCUT2D eigenvalue weighted by Crippen LogP contribution is 2.40. The van der Waals surface area contributed by atoms with E-state index in [1.165, 1.54) is 0 Å². The van der Waals surface area contributed by atoms with E-state index in [0.717, 1.165) is 37.1 Å². The third-order valence-corrected chi connectivity index (χ3v) is 6.25. The zero-order valence-electron chi connectivity index (χ0n) is 17.7. The SMILES string of the molecule is O=C(CN1CCN(C(=O)[C@H]2CCCO2)CC1)Nc1cc(C2CC2)nn1-c1ccccc1. The van der Waals surface area contributed by atoms with Gasteiger partial charge in [0.2, 0.25) is 5.91 Å². The molecule has 1 aliphatic carbocycles. The second-order valence-corrected chi connectivity index (χ2v) is 8.63. The summed E-state index contributed by atoms with van der Waals surface area (Å²) in [5.74, 6) is 1.26. The van der Waals surface area contributed by atoms with Gasteiger partial charge in [0.05, 0.1) is 17.9 Å². The van der Waals surface area contributed by atoms with Crippen LogP contribution in [0.1, 0.15) is 37.3 Å². The lowest BCUT2D eigenvalue weighted by Gasteiger charge is -2.35. The maximum Gasteiger partial charge on any atom is 0.251 e. The van der Waals surface area contributed by atoms with Crippen LogP contribution in [0.25, 0.3) is 5.69 Å². The quantitative estimate of drug-likeness (QED) is 0.769. The summed E-state index contributed by atoms with van der Waals surface area (Å²) in [6.07, 6.45) is 3.83. The summed E-state index contributed by atoms with van der Waals surface area (Å²) in [4.78, 5) is 29.3. The van der Waals surface area contributed by atoms with Crippen molar-refractivity contribution in [3.63, 3.8) is 0 Å². The molecule has 2 saturated heterocycles. The van der Waals surface area contributed by atoms with E-state index in [2.05, 4.69) is 10.2 Å². The number of anilines is 1. The molecule has 2 aliphatic heterocycles. The van der Waals surface area contributed by atoms with Crippen LogP contribution in [-0.2, 0) is 14.3 Å². The van der Waals surface area contributed by atoms with Gasteiger partial charge in [-0.3, -0.25) is 14.5 Å². The predicted octanol–water partition coefficient (Wildman–Crippen LogP) is 2.01. The molecule has 1 aromatic heterocycles. The number of benzene rings is 1. The Kier molecular flexibility index (Phi) is 5.74. The molecule has 2 aromatic rings. The fourth-order valence-corrected chi connectivity index (χ4v) is 4.32. The second kappa shape index (κ2) is 8.80. The zero-order valence-corrected chi connectivity index (χ0v) is 17.7. The summed E-state index contributed by atoms with van der Waals surface area (Å²) in [5, 5.41) is 7.80.